The van der Waals surface area contributed by atoms with Crippen LogP contribution in [0.4, 0.5) is 0 Å². The summed E-state index contributed by atoms with van der Waals surface area (Å²) < 4.78 is 0. The van der Waals surface area contributed by atoms with E-state index < -0.39 is 0 Å². The Hall–Kier alpha value is -0.120. The first-order chi connectivity index (χ1) is 7.27. The maximum Gasteiger partial charge on any atom is 0.0585 e. The Morgan fingerprint density at radius 3 is 2.87 bits per heavy atom. The van der Waals surface area contributed by atoms with Crippen molar-refractivity contribution in [3.63, 3.8) is 0 Å². The molecule has 1 heterocycles. The summed E-state index contributed by atoms with van der Waals surface area (Å²) in [5, 5.41) is 12.2. The van der Waals surface area contributed by atoms with Gasteiger partial charge in [0.2, 0.25) is 0 Å². The fourth-order valence-electron chi connectivity index (χ4n) is 2.32. The van der Waals surface area contributed by atoms with Gasteiger partial charge in [-0.1, -0.05) is 12.8 Å². The van der Waals surface area contributed by atoms with Crippen LogP contribution in [0, 0.1) is 0 Å². The molecule has 0 radical (unpaired) electrons. The molecule has 0 spiro atoms. The van der Waals surface area contributed by atoms with Crippen LogP contribution in [-0.4, -0.2) is 48.8 Å². The number of nitrogens with zero attached hydrogens (tertiary/aromatic N) is 1. The maximum atomic E-state index is 9.10. The van der Waals surface area contributed by atoms with E-state index in [4.69, 9.17) is 5.11 Å². The van der Waals surface area contributed by atoms with Crippen molar-refractivity contribution in [2.45, 2.75) is 51.1 Å². The van der Waals surface area contributed by atoms with Crippen molar-refractivity contribution in [1.29, 1.82) is 0 Å². The molecule has 3 nitrogen and oxygen atoms in total. The number of aliphatic hydroxyl groups excluding tert-OH is 1. The van der Waals surface area contributed by atoms with Crippen molar-refractivity contribution in [2.24, 2.45) is 0 Å². The maximum absolute atomic E-state index is 9.10. The smallest absolute Gasteiger partial charge is 0.0585 e. The van der Waals surface area contributed by atoms with E-state index in [9.17, 15) is 0 Å². The molecule has 0 amide bonds. The lowest BCUT2D eigenvalue weighted by Crippen LogP contribution is -2.38. The normalized spacial score (nSPS) is 26.2. The first kappa shape index (κ1) is 12.9. The van der Waals surface area contributed by atoms with Crippen LogP contribution in [0.15, 0.2) is 0 Å². The lowest BCUT2D eigenvalue weighted by atomic mass is 10.1. The molecule has 0 bridgehead atoms. The van der Waals surface area contributed by atoms with Crippen LogP contribution in [0.3, 0.4) is 0 Å². The van der Waals surface area contributed by atoms with Crippen molar-refractivity contribution in [1.82, 2.24) is 10.2 Å². The van der Waals surface area contributed by atoms with Crippen molar-refractivity contribution >= 4 is 0 Å². The molecule has 1 aliphatic heterocycles. The highest BCUT2D eigenvalue weighted by atomic mass is 16.3. The summed E-state index contributed by atoms with van der Waals surface area (Å²) in [4.78, 5) is 2.58. The first-order valence-corrected chi connectivity index (χ1v) is 6.30. The van der Waals surface area contributed by atoms with Gasteiger partial charge in [0.1, 0.15) is 0 Å². The molecule has 0 aromatic rings. The number of hydrogen-bond donors (Lipinski definition) is 2. The van der Waals surface area contributed by atoms with E-state index in [0.29, 0.717) is 0 Å². The molecule has 0 aromatic carbocycles. The SMILES string of the molecule is CNC(CO)CCN1CCCCCC1C. The zero-order valence-electron chi connectivity index (χ0n) is 10.2. The van der Waals surface area contributed by atoms with E-state index in [0.717, 1.165) is 19.0 Å². The first-order valence-electron chi connectivity index (χ1n) is 6.30. The Morgan fingerprint density at radius 1 is 1.40 bits per heavy atom. The zero-order valence-corrected chi connectivity index (χ0v) is 10.2. The van der Waals surface area contributed by atoms with Gasteiger partial charge in [0.15, 0.2) is 0 Å². The van der Waals surface area contributed by atoms with Crippen LogP contribution in [0.5, 0.6) is 0 Å². The lowest BCUT2D eigenvalue weighted by molar-refractivity contribution is 0.181. The number of likely N-dealkylation sites (N-methyl/N-ethyl adjacent to an activating group) is 1. The van der Waals surface area contributed by atoms with E-state index in [1.54, 1.807) is 0 Å². The van der Waals surface area contributed by atoms with E-state index >= 15 is 0 Å². The summed E-state index contributed by atoms with van der Waals surface area (Å²) in [6.07, 6.45) is 6.50. The monoisotopic (exact) mass is 214 g/mol. The third-order valence-corrected chi connectivity index (χ3v) is 3.58. The Kier molecular flexibility index (Phi) is 6.22. The third-order valence-electron chi connectivity index (χ3n) is 3.58. The molecule has 2 atom stereocenters. The summed E-state index contributed by atoms with van der Waals surface area (Å²) in [5.41, 5.74) is 0. The number of aliphatic hydroxyl groups is 1. The molecule has 0 aromatic heterocycles. The van der Waals surface area contributed by atoms with Crippen LogP contribution in [0.25, 0.3) is 0 Å². The van der Waals surface area contributed by atoms with Gasteiger partial charge < -0.3 is 15.3 Å². The molecule has 0 aliphatic carbocycles. The van der Waals surface area contributed by atoms with Gasteiger partial charge in [-0.15, -0.1) is 0 Å². The number of rotatable bonds is 5. The molecule has 1 aliphatic rings. The van der Waals surface area contributed by atoms with Crippen molar-refractivity contribution in [3.05, 3.63) is 0 Å². The summed E-state index contributed by atoms with van der Waals surface area (Å²) in [5.74, 6) is 0. The highest BCUT2D eigenvalue weighted by Crippen LogP contribution is 2.16. The van der Waals surface area contributed by atoms with E-state index in [1.165, 1.54) is 32.2 Å². The molecule has 2 N–H and O–H groups in total. The van der Waals surface area contributed by atoms with E-state index in [2.05, 4.69) is 17.1 Å². The third kappa shape index (κ3) is 4.49. The number of likely N-dealkylation sites (tertiary alicyclic amines) is 1. The number of nitrogens with one attached hydrogen (secondary N) is 1. The lowest BCUT2D eigenvalue weighted by Gasteiger charge is -2.28. The molecule has 0 saturated carbocycles. The van der Waals surface area contributed by atoms with Gasteiger partial charge in [-0.3, -0.25) is 0 Å². The Balaban J connectivity index is 2.28. The highest BCUT2D eigenvalue weighted by molar-refractivity contribution is 4.74. The molecular formula is C12H26N2O. The number of hydrogen-bond acceptors (Lipinski definition) is 3. The van der Waals surface area contributed by atoms with Crippen molar-refractivity contribution < 1.29 is 5.11 Å². The van der Waals surface area contributed by atoms with Gasteiger partial charge >= 0.3 is 0 Å². The average molecular weight is 214 g/mol. The predicted octanol–water partition coefficient (Wildman–Crippen LogP) is 1.22. The largest absolute Gasteiger partial charge is 0.395 e. The van der Waals surface area contributed by atoms with Gasteiger partial charge in [0.25, 0.3) is 0 Å². The summed E-state index contributed by atoms with van der Waals surface area (Å²) >= 11 is 0. The zero-order chi connectivity index (χ0) is 11.1. The van der Waals surface area contributed by atoms with E-state index in [1.807, 2.05) is 7.05 Å². The summed E-state index contributed by atoms with van der Waals surface area (Å²) in [7, 11) is 1.92. The van der Waals surface area contributed by atoms with Gasteiger partial charge in [0.05, 0.1) is 6.61 Å². The second kappa shape index (κ2) is 7.20. The minimum atomic E-state index is 0.249. The average Bonchev–Trinajstić information content (AvgIpc) is 2.45. The molecule has 2 unspecified atom stereocenters. The fourth-order valence-corrected chi connectivity index (χ4v) is 2.32. The van der Waals surface area contributed by atoms with Crippen LogP contribution in [0.1, 0.15) is 39.0 Å². The van der Waals surface area contributed by atoms with Crippen molar-refractivity contribution in [3.8, 4) is 0 Å². The van der Waals surface area contributed by atoms with Gasteiger partial charge in [-0.2, -0.15) is 0 Å². The summed E-state index contributed by atoms with van der Waals surface area (Å²) in [6.45, 7) is 4.94. The van der Waals surface area contributed by atoms with Crippen LogP contribution in [-0.2, 0) is 0 Å². The second-order valence-electron chi connectivity index (χ2n) is 4.69. The van der Waals surface area contributed by atoms with Crippen molar-refractivity contribution in [2.75, 3.05) is 26.7 Å². The molecule has 90 valence electrons. The topological polar surface area (TPSA) is 35.5 Å². The minimum Gasteiger partial charge on any atom is -0.395 e. The fraction of sp³-hybridized carbons (Fsp3) is 1.00. The molecular weight excluding hydrogens is 188 g/mol. The molecule has 1 saturated heterocycles. The standard InChI is InChI=1S/C12H26N2O/c1-11-6-4-3-5-8-14(11)9-7-12(10-15)13-2/h11-13,15H,3-10H2,1-2H3. The minimum absolute atomic E-state index is 0.249. The molecule has 15 heavy (non-hydrogen) atoms. The quantitative estimate of drug-likeness (QED) is 0.722. The van der Waals surface area contributed by atoms with Gasteiger partial charge in [-0.25, -0.2) is 0 Å². The molecule has 1 fully saturated rings. The van der Waals surface area contributed by atoms with Crippen LogP contribution >= 0.6 is 0 Å². The molecule has 1 rings (SSSR count). The molecule has 3 heteroatoms. The Bertz CT molecular complexity index is 160. The Labute approximate surface area is 93.9 Å². The Morgan fingerprint density at radius 2 is 2.20 bits per heavy atom. The summed E-state index contributed by atoms with van der Waals surface area (Å²) in [6, 6.07) is 0.990. The second-order valence-corrected chi connectivity index (χ2v) is 4.69. The van der Waals surface area contributed by atoms with Gasteiger partial charge in [0, 0.05) is 12.1 Å². The highest BCUT2D eigenvalue weighted by Gasteiger charge is 2.17. The van der Waals surface area contributed by atoms with Crippen LogP contribution in [0.2, 0.25) is 0 Å². The van der Waals surface area contributed by atoms with Gasteiger partial charge in [-0.05, 0) is 46.3 Å². The van der Waals surface area contributed by atoms with Crippen LogP contribution < -0.4 is 5.32 Å². The van der Waals surface area contributed by atoms with E-state index in [-0.39, 0.29) is 12.6 Å². The predicted molar refractivity (Wildman–Crippen MR) is 64.1 cm³/mol.